The van der Waals surface area contributed by atoms with Crippen molar-refractivity contribution in [2.24, 2.45) is 17.4 Å². The summed E-state index contributed by atoms with van der Waals surface area (Å²) in [4.78, 5) is 59.8. The Hall–Kier alpha value is -2.73. The maximum absolute atomic E-state index is 12.9. The van der Waals surface area contributed by atoms with Gasteiger partial charge in [0.25, 0.3) is 0 Å². The van der Waals surface area contributed by atoms with E-state index in [0.717, 1.165) is 19.3 Å². The van der Waals surface area contributed by atoms with Gasteiger partial charge in [-0.2, -0.15) is 0 Å². The summed E-state index contributed by atoms with van der Waals surface area (Å²) >= 11 is 0. The topological polar surface area (TPSA) is 214 Å². The first-order valence-corrected chi connectivity index (χ1v) is 10.4. The number of aliphatic hydroxyl groups excluding tert-OH is 1. The SMILES string of the molecule is C[C@H](N)C(=O)N[C@@H](CO)C(=O)N[C@H](C(=O)N[C@@H](CCC(N)=O)C(=O)O)C1CCCCC1. The smallest absolute Gasteiger partial charge is 0.326 e. The van der Waals surface area contributed by atoms with Crippen molar-refractivity contribution in [1.82, 2.24) is 16.0 Å². The molecule has 0 bridgehead atoms. The summed E-state index contributed by atoms with van der Waals surface area (Å²) in [5.74, 6) is -4.43. The Kier molecular flexibility index (Phi) is 10.9. The van der Waals surface area contributed by atoms with Crippen LogP contribution in [0, 0.1) is 5.92 Å². The fraction of sp³-hybridized carbons (Fsp3) is 0.737. The van der Waals surface area contributed by atoms with Gasteiger partial charge in [0.2, 0.25) is 23.6 Å². The van der Waals surface area contributed by atoms with Gasteiger partial charge in [-0.15, -0.1) is 0 Å². The third-order valence-corrected chi connectivity index (χ3v) is 5.22. The molecule has 0 radical (unpaired) electrons. The molecule has 0 aromatic rings. The third kappa shape index (κ3) is 8.89. The van der Waals surface area contributed by atoms with Crippen LogP contribution in [0.1, 0.15) is 51.9 Å². The lowest BCUT2D eigenvalue weighted by atomic mass is 9.83. The van der Waals surface area contributed by atoms with E-state index in [1.807, 2.05) is 0 Å². The first-order valence-electron chi connectivity index (χ1n) is 10.4. The molecule has 31 heavy (non-hydrogen) atoms. The van der Waals surface area contributed by atoms with Crippen LogP contribution in [0.25, 0.3) is 0 Å². The lowest BCUT2D eigenvalue weighted by Crippen LogP contribution is -2.59. The Morgan fingerprint density at radius 1 is 0.935 bits per heavy atom. The quantitative estimate of drug-likeness (QED) is 0.174. The van der Waals surface area contributed by atoms with Crippen LogP contribution in [-0.2, 0) is 24.0 Å². The highest BCUT2D eigenvalue weighted by atomic mass is 16.4. The summed E-state index contributed by atoms with van der Waals surface area (Å²) < 4.78 is 0. The van der Waals surface area contributed by atoms with Crippen LogP contribution in [0.3, 0.4) is 0 Å². The maximum Gasteiger partial charge on any atom is 0.326 e. The summed E-state index contributed by atoms with van der Waals surface area (Å²) in [5, 5.41) is 26.0. The van der Waals surface area contributed by atoms with Gasteiger partial charge in [-0.3, -0.25) is 19.2 Å². The van der Waals surface area contributed by atoms with Crippen molar-refractivity contribution >= 4 is 29.6 Å². The molecule has 12 nitrogen and oxygen atoms in total. The van der Waals surface area contributed by atoms with Gasteiger partial charge in [0.1, 0.15) is 18.1 Å². The van der Waals surface area contributed by atoms with Gasteiger partial charge in [0.05, 0.1) is 12.6 Å². The molecule has 0 aromatic carbocycles. The Balaban J connectivity index is 2.95. The van der Waals surface area contributed by atoms with Crippen LogP contribution < -0.4 is 27.4 Å². The molecule has 0 unspecified atom stereocenters. The second kappa shape index (κ2) is 12.8. The summed E-state index contributed by atoms with van der Waals surface area (Å²) in [7, 11) is 0. The van der Waals surface area contributed by atoms with Crippen molar-refractivity contribution in [3.63, 3.8) is 0 Å². The Morgan fingerprint density at radius 2 is 1.52 bits per heavy atom. The number of carbonyl (C=O) groups is 5. The van der Waals surface area contributed by atoms with Gasteiger partial charge in [0, 0.05) is 6.42 Å². The lowest BCUT2D eigenvalue weighted by molar-refractivity contribution is -0.143. The summed E-state index contributed by atoms with van der Waals surface area (Å²) in [6.45, 7) is 0.706. The number of primary amides is 1. The van der Waals surface area contributed by atoms with Crippen LogP contribution in [-0.4, -0.2) is 70.6 Å². The minimum atomic E-state index is -1.35. The minimum Gasteiger partial charge on any atom is -0.480 e. The molecule has 12 heteroatoms. The molecule has 0 aliphatic heterocycles. The van der Waals surface area contributed by atoms with Gasteiger partial charge in [-0.25, -0.2) is 4.79 Å². The number of nitrogens with two attached hydrogens (primary N) is 2. The average Bonchev–Trinajstić information content (AvgIpc) is 2.72. The predicted octanol–water partition coefficient (Wildman–Crippen LogP) is -2.29. The van der Waals surface area contributed by atoms with E-state index in [-0.39, 0.29) is 18.8 Å². The summed E-state index contributed by atoms with van der Waals surface area (Å²) in [6, 6.07) is -4.64. The molecule has 4 atom stereocenters. The molecule has 0 saturated heterocycles. The average molecular weight is 444 g/mol. The maximum atomic E-state index is 12.9. The zero-order valence-electron chi connectivity index (χ0n) is 17.6. The molecule has 4 amide bonds. The van der Waals surface area contributed by atoms with E-state index in [9.17, 15) is 34.2 Å². The van der Waals surface area contributed by atoms with Crippen LogP contribution in [0.4, 0.5) is 0 Å². The molecule has 1 saturated carbocycles. The van der Waals surface area contributed by atoms with E-state index in [0.29, 0.717) is 12.8 Å². The number of carboxylic acids is 1. The minimum absolute atomic E-state index is 0.189. The molecule has 1 fully saturated rings. The van der Waals surface area contributed by atoms with Gasteiger partial charge < -0.3 is 37.6 Å². The van der Waals surface area contributed by atoms with Crippen LogP contribution in [0.2, 0.25) is 0 Å². The Morgan fingerprint density at radius 3 is 2.00 bits per heavy atom. The largest absolute Gasteiger partial charge is 0.480 e. The second-order valence-electron chi connectivity index (χ2n) is 7.82. The highest BCUT2D eigenvalue weighted by Gasteiger charge is 2.35. The third-order valence-electron chi connectivity index (χ3n) is 5.22. The zero-order valence-corrected chi connectivity index (χ0v) is 17.6. The van der Waals surface area contributed by atoms with Gasteiger partial charge >= 0.3 is 5.97 Å². The Bertz CT molecular complexity index is 664. The van der Waals surface area contributed by atoms with E-state index >= 15 is 0 Å². The fourth-order valence-corrected chi connectivity index (χ4v) is 3.42. The predicted molar refractivity (Wildman–Crippen MR) is 109 cm³/mol. The van der Waals surface area contributed by atoms with Crippen molar-refractivity contribution in [2.45, 2.75) is 76.0 Å². The van der Waals surface area contributed by atoms with E-state index in [4.69, 9.17) is 11.5 Å². The zero-order chi connectivity index (χ0) is 23.6. The summed E-state index contributed by atoms with van der Waals surface area (Å²) in [6.07, 6.45) is 3.55. The number of aliphatic carboxylic acids is 1. The monoisotopic (exact) mass is 443 g/mol. The molecule has 0 aromatic heterocycles. The number of hydrogen-bond donors (Lipinski definition) is 7. The number of amides is 4. The van der Waals surface area contributed by atoms with Crippen LogP contribution >= 0.6 is 0 Å². The number of carbonyl (C=O) groups excluding carboxylic acids is 4. The molecule has 0 spiro atoms. The molecule has 1 aliphatic rings. The van der Waals surface area contributed by atoms with E-state index in [2.05, 4.69) is 16.0 Å². The van der Waals surface area contributed by atoms with E-state index < -0.39 is 60.4 Å². The molecule has 9 N–H and O–H groups in total. The molecule has 1 rings (SSSR count). The normalized spacial score (nSPS) is 18.2. The highest BCUT2D eigenvalue weighted by molar-refractivity contribution is 5.94. The summed E-state index contributed by atoms with van der Waals surface area (Å²) in [5.41, 5.74) is 10.5. The molecule has 176 valence electrons. The van der Waals surface area contributed by atoms with Crippen molar-refractivity contribution in [3.8, 4) is 0 Å². The first kappa shape index (κ1) is 26.3. The Labute approximate surface area is 180 Å². The molecule has 1 aliphatic carbocycles. The number of hydrogen-bond acceptors (Lipinski definition) is 7. The van der Waals surface area contributed by atoms with E-state index in [1.54, 1.807) is 0 Å². The van der Waals surface area contributed by atoms with E-state index in [1.165, 1.54) is 6.92 Å². The second-order valence-corrected chi connectivity index (χ2v) is 7.82. The van der Waals surface area contributed by atoms with Crippen LogP contribution in [0.15, 0.2) is 0 Å². The lowest BCUT2D eigenvalue weighted by Gasteiger charge is -2.32. The number of nitrogens with one attached hydrogen (secondary N) is 3. The van der Waals surface area contributed by atoms with Crippen molar-refractivity contribution in [1.29, 1.82) is 0 Å². The van der Waals surface area contributed by atoms with Gasteiger partial charge in [-0.1, -0.05) is 19.3 Å². The molecular formula is C19H33N5O7. The number of rotatable bonds is 12. The van der Waals surface area contributed by atoms with Gasteiger partial charge in [-0.05, 0) is 32.1 Å². The van der Waals surface area contributed by atoms with Crippen molar-refractivity contribution in [3.05, 3.63) is 0 Å². The van der Waals surface area contributed by atoms with Crippen LogP contribution in [0.5, 0.6) is 0 Å². The number of aliphatic hydroxyl groups is 1. The highest BCUT2D eigenvalue weighted by Crippen LogP contribution is 2.27. The fourth-order valence-electron chi connectivity index (χ4n) is 3.42. The first-order chi connectivity index (χ1) is 14.6. The molecular weight excluding hydrogens is 410 g/mol. The standard InChI is InChI=1S/C19H33N5O7/c1-10(20)16(27)23-13(9-25)17(28)24-15(11-5-3-2-4-6-11)18(29)22-12(19(30)31)7-8-14(21)26/h10-13,15,25H,2-9,20H2,1H3,(H2,21,26)(H,22,29)(H,23,27)(H,24,28)(H,30,31)/t10-,12-,13-,15-/m0/s1. The van der Waals surface area contributed by atoms with Crippen molar-refractivity contribution < 1.29 is 34.2 Å². The van der Waals surface area contributed by atoms with Gasteiger partial charge in [0.15, 0.2) is 0 Å². The number of carboxylic acid groups (broad SMARTS) is 1. The molecule has 0 heterocycles. The van der Waals surface area contributed by atoms with Crippen molar-refractivity contribution in [2.75, 3.05) is 6.61 Å².